The second kappa shape index (κ2) is 9.78. The summed E-state index contributed by atoms with van der Waals surface area (Å²) in [5, 5.41) is 11.2. The highest BCUT2D eigenvalue weighted by Gasteiger charge is 2.48. The molecule has 27 heavy (non-hydrogen) atoms. The summed E-state index contributed by atoms with van der Waals surface area (Å²) in [6, 6.07) is 0. The zero-order chi connectivity index (χ0) is 19.9. The van der Waals surface area contributed by atoms with Gasteiger partial charge in [-0.3, -0.25) is 19.4 Å². The molecule has 154 valence electrons. The lowest BCUT2D eigenvalue weighted by atomic mass is 9.80. The van der Waals surface area contributed by atoms with Crippen LogP contribution in [0.1, 0.15) is 39.5 Å². The average Bonchev–Trinajstić information content (AvgIpc) is 3.21. The quantitative estimate of drug-likeness (QED) is 0.471. The van der Waals surface area contributed by atoms with Gasteiger partial charge in [-0.1, -0.05) is 12.2 Å². The highest BCUT2D eigenvalue weighted by Crippen LogP contribution is 2.30. The van der Waals surface area contributed by atoms with Crippen LogP contribution >= 0.6 is 0 Å². The minimum absolute atomic E-state index is 0.0997. The number of methoxy groups -OCH3 is 1. The Morgan fingerprint density at radius 1 is 1.11 bits per heavy atom. The third-order valence-corrected chi connectivity index (χ3v) is 5.63. The molecule has 0 amide bonds. The monoisotopic (exact) mass is 382 g/mol. The molecule has 0 bridgehead atoms. The summed E-state index contributed by atoms with van der Waals surface area (Å²) in [4.78, 5) is 29.5. The van der Waals surface area contributed by atoms with Gasteiger partial charge in [-0.25, -0.2) is 0 Å². The van der Waals surface area contributed by atoms with E-state index in [0.29, 0.717) is 0 Å². The molecule has 2 saturated heterocycles. The Morgan fingerprint density at radius 3 is 2.33 bits per heavy atom. The third-order valence-electron chi connectivity index (χ3n) is 5.63. The molecule has 2 aliphatic heterocycles. The van der Waals surface area contributed by atoms with Crippen LogP contribution in [-0.2, 0) is 19.1 Å². The maximum absolute atomic E-state index is 13.3. The number of Topliss-reactive ketones (excluding diaryl/α,β-unsaturated/α-hetero) is 1. The van der Waals surface area contributed by atoms with Crippen molar-refractivity contribution in [3.63, 3.8) is 0 Å². The highest BCUT2D eigenvalue weighted by molar-refractivity contribution is 5.97. The first kappa shape index (κ1) is 22.0. The van der Waals surface area contributed by atoms with Crippen molar-refractivity contribution in [3.05, 3.63) is 12.2 Å². The Morgan fingerprint density at radius 2 is 1.74 bits per heavy atom. The molecule has 0 spiro atoms. The van der Waals surface area contributed by atoms with E-state index >= 15 is 0 Å². The molecular weight excluding hydrogens is 348 g/mol. The lowest BCUT2D eigenvalue weighted by molar-refractivity contribution is -0.158. The summed E-state index contributed by atoms with van der Waals surface area (Å²) < 4.78 is 10.1. The first-order valence-corrected chi connectivity index (χ1v) is 9.84. The fourth-order valence-corrected chi connectivity index (χ4v) is 3.83. The molecule has 0 radical (unpaired) electrons. The molecule has 2 fully saturated rings. The van der Waals surface area contributed by atoms with Crippen LogP contribution in [0.4, 0.5) is 0 Å². The second-order valence-corrected chi connectivity index (χ2v) is 7.96. The topological polar surface area (TPSA) is 79.3 Å². The average molecular weight is 383 g/mol. The number of likely N-dealkylation sites (tertiary alicyclic amines) is 1. The van der Waals surface area contributed by atoms with E-state index in [1.807, 2.05) is 19.9 Å². The van der Waals surface area contributed by atoms with Crippen molar-refractivity contribution in [1.29, 1.82) is 0 Å². The predicted molar refractivity (Wildman–Crippen MR) is 102 cm³/mol. The molecule has 2 aliphatic rings. The fraction of sp³-hybridized carbons (Fsp3) is 0.800. The largest absolute Gasteiger partial charge is 0.469 e. The highest BCUT2D eigenvalue weighted by atomic mass is 16.5. The van der Waals surface area contributed by atoms with Crippen LogP contribution in [0.15, 0.2) is 12.2 Å². The van der Waals surface area contributed by atoms with Gasteiger partial charge in [-0.05, 0) is 39.8 Å². The van der Waals surface area contributed by atoms with Crippen LogP contribution in [0, 0.1) is 0 Å². The van der Waals surface area contributed by atoms with E-state index in [4.69, 9.17) is 9.47 Å². The van der Waals surface area contributed by atoms with Crippen LogP contribution in [0.5, 0.6) is 0 Å². The number of nitrogens with zero attached hydrogens (tertiary/aromatic N) is 2. The van der Waals surface area contributed by atoms with E-state index in [1.165, 1.54) is 7.11 Å². The minimum Gasteiger partial charge on any atom is -0.469 e. The number of rotatable bonds is 9. The maximum atomic E-state index is 13.3. The van der Waals surface area contributed by atoms with Crippen molar-refractivity contribution < 1.29 is 24.2 Å². The molecule has 0 aliphatic carbocycles. The van der Waals surface area contributed by atoms with Crippen molar-refractivity contribution >= 4 is 11.8 Å². The molecule has 0 saturated carbocycles. The molecule has 1 atom stereocenters. The summed E-state index contributed by atoms with van der Waals surface area (Å²) in [7, 11) is 1.27. The van der Waals surface area contributed by atoms with Crippen molar-refractivity contribution in [2.45, 2.75) is 50.7 Å². The van der Waals surface area contributed by atoms with Gasteiger partial charge in [-0.2, -0.15) is 0 Å². The zero-order valence-electron chi connectivity index (χ0n) is 16.9. The van der Waals surface area contributed by atoms with Crippen LogP contribution in [0.2, 0.25) is 0 Å². The van der Waals surface area contributed by atoms with E-state index in [2.05, 4.69) is 9.80 Å². The smallest absolute Gasteiger partial charge is 0.308 e. The molecular formula is C20H34N2O5. The standard InChI is InChI=1S/C20H34N2O5/c1-19(2,22-10-6-7-11-22)18(24)20(25,16-17(23)26-3)8-4-5-9-21-12-14-27-15-13-21/h4-5,25H,6-16H2,1-3H3/b5-4+/t20-/m1/s1. The molecule has 7 nitrogen and oxygen atoms in total. The summed E-state index contributed by atoms with van der Waals surface area (Å²) in [5.74, 6) is -0.900. The first-order valence-electron chi connectivity index (χ1n) is 9.84. The molecule has 0 aromatic carbocycles. The van der Waals surface area contributed by atoms with E-state index < -0.39 is 17.1 Å². The summed E-state index contributed by atoms with van der Waals surface area (Å²) in [5.41, 5.74) is -2.59. The van der Waals surface area contributed by atoms with Crippen molar-refractivity contribution in [2.24, 2.45) is 0 Å². The third kappa shape index (κ3) is 5.85. The molecule has 2 heterocycles. The normalized spacial score (nSPS) is 22.1. The molecule has 7 heteroatoms. The lowest BCUT2D eigenvalue weighted by Crippen LogP contribution is -2.58. The fourth-order valence-electron chi connectivity index (χ4n) is 3.83. The minimum atomic E-state index is -1.76. The van der Waals surface area contributed by atoms with Gasteiger partial charge in [0.1, 0.15) is 5.60 Å². The van der Waals surface area contributed by atoms with Gasteiger partial charge in [0.15, 0.2) is 5.78 Å². The predicted octanol–water partition coefficient (Wildman–Crippen LogP) is 1.00. The van der Waals surface area contributed by atoms with Gasteiger partial charge in [-0.15, -0.1) is 0 Å². The second-order valence-electron chi connectivity index (χ2n) is 7.96. The molecule has 1 N–H and O–H groups in total. The SMILES string of the molecule is COC(=O)C[C@](O)(C/C=C/CN1CCOCC1)C(=O)C(C)(C)N1CCCC1. The van der Waals surface area contributed by atoms with Gasteiger partial charge >= 0.3 is 5.97 Å². The molecule has 0 aromatic heterocycles. The van der Waals surface area contributed by atoms with Gasteiger partial charge in [0.2, 0.25) is 0 Å². The first-order chi connectivity index (χ1) is 12.8. The Bertz CT molecular complexity index is 536. The number of hydrogen-bond donors (Lipinski definition) is 1. The number of ketones is 1. The number of carbonyl (C=O) groups excluding carboxylic acids is 2. The summed E-state index contributed by atoms with van der Waals surface area (Å²) >= 11 is 0. The van der Waals surface area contributed by atoms with Crippen LogP contribution in [0.25, 0.3) is 0 Å². The zero-order valence-corrected chi connectivity index (χ0v) is 16.9. The van der Waals surface area contributed by atoms with Gasteiger partial charge in [0, 0.05) is 26.1 Å². The Labute approximate surface area is 162 Å². The van der Waals surface area contributed by atoms with Crippen LogP contribution in [0.3, 0.4) is 0 Å². The Balaban J connectivity index is 2.05. The van der Waals surface area contributed by atoms with Gasteiger partial charge in [0.05, 0.1) is 32.3 Å². The summed E-state index contributed by atoms with van der Waals surface area (Å²) in [6.45, 7) is 9.27. The van der Waals surface area contributed by atoms with Crippen molar-refractivity contribution in [2.75, 3.05) is 53.0 Å². The number of esters is 1. The molecule has 0 aromatic rings. The van der Waals surface area contributed by atoms with Gasteiger partial charge in [0.25, 0.3) is 0 Å². The van der Waals surface area contributed by atoms with E-state index in [-0.39, 0.29) is 18.6 Å². The van der Waals surface area contributed by atoms with Crippen LogP contribution < -0.4 is 0 Å². The van der Waals surface area contributed by atoms with Crippen molar-refractivity contribution in [1.82, 2.24) is 9.80 Å². The number of ether oxygens (including phenoxy) is 2. The number of hydrogen-bond acceptors (Lipinski definition) is 7. The Kier molecular flexibility index (Phi) is 7.97. The van der Waals surface area contributed by atoms with Crippen LogP contribution in [-0.4, -0.2) is 90.8 Å². The molecule has 0 unspecified atom stereocenters. The number of carbonyl (C=O) groups is 2. The summed E-state index contributed by atoms with van der Waals surface area (Å²) in [6.07, 6.45) is 5.61. The van der Waals surface area contributed by atoms with E-state index in [1.54, 1.807) is 6.08 Å². The van der Waals surface area contributed by atoms with Gasteiger partial charge < -0.3 is 14.6 Å². The van der Waals surface area contributed by atoms with Crippen molar-refractivity contribution in [3.8, 4) is 0 Å². The van der Waals surface area contributed by atoms with E-state index in [9.17, 15) is 14.7 Å². The Hall–Kier alpha value is -1.28. The maximum Gasteiger partial charge on any atom is 0.308 e. The number of aliphatic hydroxyl groups is 1. The molecule has 2 rings (SSSR count). The lowest BCUT2D eigenvalue weighted by Gasteiger charge is -2.39. The number of morpholine rings is 1. The van der Waals surface area contributed by atoms with E-state index in [0.717, 1.165) is 58.8 Å².